The van der Waals surface area contributed by atoms with Crippen LogP contribution < -0.4 is 0 Å². The highest BCUT2D eigenvalue weighted by Crippen LogP contribution is 2.19. The number of aliphatic carboxylic acids is 1. The number of rotatable bonds is 4. The zero-order valence-electron chi connectivity index (χ0n) is 7.24. The van der Waals surface area contributed by atoms with E-state index in [0.717, 1.165) is 0 Å². The second kappa shape index (κ2) is 3.91. The van der Waals surface area contributed by atoms with Crippen LogP contribution in [0.2, 0.25) is 0 Å². The van der Waals surface area contributed by atoms with Crippen molar-refractivity contribution in [3.05, 3.63) is 30.2 Å². The van der Waals surface area contributed by atoms with Crippen LogP contribution in [0.15, 0.2) is 23.3 Å². The molecule has 0 atom stereocenters. The lowest BCUT2D eigenvalue weighted by molar-refractivity contribution is -0.130. The maximum absolute atomic E-state index is 10.6. The number of carboxylic acids is 1. The van der Waals surface area contributed by atoms with E-state index < -0.39 is 5.97 Å². The summed E-state index contributed by atoms with van der Waals surface area (Å²) in [5.74, 6) is -0.818. The highest BCUT2D eigenvalue weighted by molar-refractivity contribution is 6.13. The Morgan fingerprint density at radius 3 is 3.00 bits per heavy atom. The van der Waals surface area contributed by atoms with Crippen LogP contribution in [0, 0.1) is 0 Å². The van der Waals surface area contributed by atoms with Crippen molar-refractivity contribution < 1.29 is 19.1 Å². The Labute approximate surface area is 75.4 Å². The average Bonchev–Trinajstić information content (AvgIpc) is 2.52. The van der Waals surface area contributed by atoms with Crippen LogP contribution in [-0.2, 0) is 16.1 Å². The van der Waals surface area contributed by atoms with Gasteiger partial charge in [-0.25, -0.2) is 4.79 Å². The van der Waals surface area contributed by atoms with Gasteiger partial charge in [-0.2, -0.15) is 0 Å². The molecule has 1 heterocycles. The van der Waals surface area contributed by atoms with Crippen LogP contribution in [0.4, 0.5) is 0 Å². The standard InChI is InChI=1S/C9H10O4/c1-6(9(10)11)8-7(5-12-2)3-4-13-8/h3-4H,1,5H2,2H3,(H,10,11). The summed E-state index contributed by atoms with van der Waals surface area (Å²) < 4.78 is 9.84. The highest BCUT2D eigenvalue weighted by atomic mass is 16.5. The molecule has 4 heteroatoms. The third-order valence-electron chi connectivity index (χ3n) is 1.58. The van der Waals surface area contributed by atoms with Gasteiger partial charge in [0, 0.05) is 12.7 Å². The minimum absolute atomic E-state index is 0.0583. The van der Waals surface area contributed by atoms with Crippen LogP contribution >= 0.6 is 0 Å². The first-order chi connectivity index (χ1) is 6.16. The minimum Gasteiger partial charge on any atom is -0.478 e. The first-order valence-electron chi connectivity index (χ1n) is 3.64. The van der Waals surface area contributed by atoms with Crippen molar-refractivity contribution >= 4 is 11.5 Å². The minimum atomic E-state index is -1.09. The van der Waals surface area contributed by atoms with Crippen LogP contribution in [0.1, 0.15) is 11.3 Å². The maximum Gasteiger partial charge on any atom is 0.338 e. The van der Waals surface area contributed by atoms with Crippen LogP contribution in [0.25, 0.3) is 5.57 Å². The lowest BCUT2D eigenvalue weighted by Gasteiger charge is -1.99. The summed E-state index contributed by atoms with van der Waals surface area (Å²) in [6, 6.07) is 1.66. The lowest BCUT2D eigenvalue weighted by atomic mass is 10.1. The van der Waals surface area contributed by atoms with Gasteiger partial charge >= 0.3 is 5.97 Å². The fraction of sp³-hybridized carbons (Fsp3) is 0.222. The van der Waals surface area contributed by atoms with Crippen molar-refractivity contribution in [2.24, 2.45) is 0 Å². The summed E-state index contributed by atoms with van der Waals surface area (Å²) >= 11 is 0. The fourth-order valence-electron chi connectivity index (χ4n) is 0.967. The van der Waals surface area contributed by atoms with Gasteiger partial charge in [-0.15, -0.1) is 0 Å². The molecular weight excluding hydrogens is 172 g/mol. The number of hydrogen-bond acceptors (Lipinski definition) is 3. The Morgan fingerprint density at radius 1 is 1.77 bits per heavy atom. The van der Waals surface area contributed by atoms with E-state index in [4.69, 9.17) is 14.3 Å². The molecule has 0 saturated carbocycles. The molecule has 70 valence electrons. The van der Waals surface area contributed by atoms with Gasteiger partial charge < -0.3 is 14.3 Å². The van der Waals surface area contributed by atoms with Gasteiger partial charge in [-0.1, -0.05) is 6.58 Å². The smallest absolute Gasteiger partial charge is 0.338 e. The third-order valence-corrected chi connectivity index (χ3v) is 1.58. The molecule has 0 amide bonds. The van der Waals surface area contributed by atoms with E-state index in [-0.39, 0.29) is 11.3 Å². The second-order valence-corrected chi connectivity index (χ2v) is 2.49. The lowest BCUT2D eigenvalue weighted by Crippen LogP contribution is -2.00. The van der Waals surface area contributed by atoms with Gasteiger partial charge in [0.25, 0.3) is 0 Å². The largest absolute Gasteiger partial charge is 0.478 e. The zero-order chi connectivity index (χ0) is 9.84. The molecular formula is C9H10O4. The normalized spacial score (nSPS) is 9.92. The average molecular weight is 182 g/mol. The molecule has 0 aliphatic rings. The number of methoxy groups -OCH3 is 1. The number of hydrogen-bond donors (Lipinski definition) is 1. The maximum atomic E-state index is 10.6. The SMILES string of the molecule is C=C(C(=O)O)c1occc1COC. The van der Waals surface area contributed by atoms with E-state index in [1.807, 2.05) is 0 Å². The summed E-state index contributed by atoms with van der Waals surface area (Å²) in [6.07, 6.45) is 1.41. The van der Waals surface area contributed by atoms with Crippen molar-refractivity contribution in [3.8, 4) is 0 Å². The van der Waals surface area contributed by atoms with E-state index in [9.17, 15) is 4.79 Å². The van der Waals surface area contributed by atoms with Crippen molar-refractivity contribution in [1.29, 1.82) is 0 Å². The monoisotopic (exact) mass is 182 g/mol. The van der Waals surface area contributed by atoms with E-state index in [0.29, 0.717) is 12.2 Å². The fourth-order valence-corrected chi connectivity index (χ4v) is 0.967. The predicted molar refractivity (Wildman–Crippen MR) is 46.1 cm³/mol. The molecule has 0 aromatic carbocycles. The second-order valence-electron chi connectivity index (χ2n) is 2.49. The summed E-state index contributed by atoms with van der Waals surface area (Å²) in [7, 11) is 1.53. The summed E-state index contributed by atoms with van der Waals surface area (Å²) in [4.78, 5) is 10.6. The van der Waals surface area contributed by atoms with E-state index in [1.54, 1.807) is 6.07 Å². The Bertz CT molecular complexity index is 324. The Balaban J connectivity index is 2.93. The van der Waals surface area contributed by atoms with E-state index >= 15 is 0 Å². The molecule has 0 bridgehead atoms. The number of furan rings is 1. The Hall–Kier alpha value is -1.55. The van der Waals surface area contributed by atoms with Crippen molar-refractivity contribution in [3.63, 3.8) is 0 Å². The third kappa shape index (κ3) is 1.97. The Morgan fingerprint density at radius 2 is 2.46 bits per heavy atom. The summed E-state index contributed by atoms with van der Waals surface area (Å²) in [5.41, 5.74) is 0.631. The first-order valence-corrected chi connectivity index (χ1v) is 3.64. The van der Waals surface area contributed by atoms with Crippen molar-refractivity contribution in [2.75, 3.05) is 7.11 Å². The van der Waals surface area contributed by atoms with Gasteiger partial charge in [0.15, 0.2) is 0 Å². The van der Waals surface area contributed by atoms with Crippen LogP contribution in [0.3, 0.4) is 0 Å². The molecule has 0 unspecified atom stereocenters. The summed E-state index contributed by atoms with van der Waals surface area (Å²) in [6.45, 7) is 3.71. The molecule has 1 rings (SSSR count). The van der Waals surface area contributed by atoms with Crippen molar-refractivity contribution in [2.45, 2.75) is 6.61 Å². The molecule has 4 nitrogen and oxygen atoms in total. The molecule has 0 radical (unpaired) electrons. The quantitative estimate of drug-likeness (QED) is 0.717. The van der Waals surface area contributed by atoms with E-state index in [1.165, 1.54) is 13.4 Å². The van der Waals surface area contributed by atoms with Crippen LogP contribution in [-0.4, -0.2) is 18.2 Å². The van der Waals surface area contributed by atoms with E-state index in [2.05, 4.69) is 6.58 Å². The molecule has 0 aliphatic heterocycles. The molecule has 13 heavy (non-hydrogen) atoms. The number of ether oxygens (including phenoxy) is 1. The van der Waals surface area contributed by atoms with Gasteiger partial charge in [0.05, 0.1) is 18.4 Å². The molecule has 1 aromatic rings. The molecule has 0 saturated heterocycles. The Kier molecular flexibility index (Phi) is 2.87. The zero-order valence-corrected chi connectivity index (χ0v) is 7.24. The van der Waals surface area contributed by atoms with Gasteiger partial charge in [0.1, 0.15) is 5.76 Å². The molecule has 0 fully saturated rings. The molecule has 0 spiro atoms. The number of carboxylic acid groups (broad SMARTS) is 1. The van der Waals surface area contributed by atoms with Crippen molar-refractivity contribution in [1.82, 2.24) is 0 Å². The van der Waals surface area contributed by atoms with Crippen LogP contribution in [0.5, 0.6) is 0 Å². The molecule has 1 N–H and O–H groups in total. The topological polar surface area (TPSA) is 59.7 Å². The number of carbonyl (C=O) groups is 1. The van der Waals surface area contributed by atoms with Gasteiger partial charge in [-0.3, -0.25) is 0 Å². The highest BCUT2D eigenvalue weighted by Gasteiger charge is 2.15. The summed E-state index contributed by atoms with van der Waals surface area (Å²) in [5, 5.41) is 8.65. The first kappa shape index (κ1) is 9.54. The van der Waals surface area contributed by atoms with Gasteiger partial charge in [-0.05, 0) is 6.07 Å². The predicted octanol–water partition coefficient (Wildman–Crippen LogP) is 1.52. The molecule has 0 aliphatic carbocycles. The molecule has 1 aromatic heterocycles. The van der Waals surface area contributed by atoms with Gasteiger partial charge in [0.2, 0.25) is 0 Å².